The van der Waals surface area contributed by atoms with Crippen molar-refractivity contribution >= 4 is 46.7 Å². The molecule has 2 aliphatic rings. The fourth-order valence-corrected chi connectivity index (χ4v) is 5.74. The number of amides is 1. The number of carbonyl (C=O) groups excluding carboxylic acids is 1. The van der Waals surface area contributed by atoms with E-state index in [-0.39, 0.29) is 28.5 Å². The van der Waals surface area contributed by atoms with Gasteiger partial charge in [-0.2, -0.15) is 0 Å². The molecule has 0 spiro atoms. The topological polar surface area (TPSA) is 66.9 Å². The van der Waals surface area contributed by atoms with Gasteiger partial charge in [0.15, 0.2) is 0 Å². The minimum Gasteiger partial charge on any atom is -0.310 e. The third kappa shape index (κ3) is 3.80. The van der Waals surface area contributed by atoms with E-state index in [4.69, 9.17) is 23.2 Å². The number of halogens is 2. The fraction of sp³-hybridized carbons (Fsp3) is 0.474. The number of aromatic amines is 1. The summed E-state index contributed by atoms with van der Waals surface area (Å²) in [5.74, 6) is 0.760. The van der Waals surface area contributed by atoms with Gasteiger partial charge in [0.25, 0.3) is 5.56 Å². The van der Waals surface area contributed by atoms with Gasteiger partial charge in [-0.25, -0.2) is 0 Å². The average molecular weight is 426 g/mol. The molecular formula is C19H21Cl2N3O2S. The molecule has 1 aliphatic heterocycles. The Labute approximate surface area is 171 Å². The number of fused-ring (bicyclic) bond motifs is 1. The van der Waals surface area contributed by atoms with Gasteiger partial charge < -0.3 is 5.32 Å². The number of nitrogens with one attached hydrogen (secondary N) is 2. The molecule has 2 aromatic rings. The summed E-state index contributed by atoms with van der Waals surface area (Å²) >= 11 is 13.9. The third-order valence-electron chi connectivity index (χ3n) is 5.30. The summed E-state index contributed by atoms with van der Waals surface area (Å²) in [5.41, 5.74) is 1.20. The van der Waals surface area contributed by atoms with Crippen LogP contribution >= 0.6 is 35.0 Å². The molecule has 8 heteroatoms. The molecule has 0 saturated heterocycles. The van der Waals surface area contributed by atoms with E-state index >= 15 is 0 Å². The van der Waals surface area contributed by atoms with E-state index in [2.05, 4.69) is 10.4 Å². The van der Waals surface area contributed by atoms with Gasteiger partial charge in [0.2, 0.25) is 5.91 Å². The van der Waals surface area contributed by atoms with Crippen molar-refractivity contribution in [3.05, 3.63) is 49.7 Å². The summed E-state index contributed by atoms with van der Waals surface area (Å²) in [6, 6.07) is 5.48. The molecule has 0 radical (unpaired) electrons. The van der Waals surface area contributed by atoms with Gasteiger partial charge in [-0.1, -0.05) is 55.0 Å². The number of aromatic nitrogens is 2. The highest BCUT2D eigenvalue weighted by atomic mass is 35.5. The zero-order valence-corrected chi connectivity index (χ0v) is 17.1. The van der Waals surface area contributed by atoms with Gasteiger partial charge in [-0.15, -0.1) is 11.8 Å². The van der Waals surface area contributed by atoms with Crippen LogP contribution in [0.1, 0.15) is 60.9 Å². The number of H-pyrrole nitrogens is 1. The smallest absolute Gasteiger partial charge is 0.270 e. The van der Waals surface area contributed by atoms with Crippen molar-refractivity contribution in [3.8, 4) is 0 Å². The first-order valence-corrected chi connectivity index (χ1v) is 11.1. The van der Waals surface area contributed by atoms with Crippen molar-refractivity contribution in [2.75, 3.05) is 11.1 Å². The van der Waals surface area contributed by atoms with E-state index in [1.807, 2.05) is 10.7 Å². The maximum Gasteiger partial charge on any atom is 0.270 e. The van der Waals surface area contributed by atoms with Crippen LogP contribution in [-0.4, -0.2) is 21.4 Å². The molecule has 144 valence electrons. The molecule has 1 atom stereocenters. The molecule has 1 saturated carbocycles. The molecule has 2 heterocycles. The second kappa shape index (κ2) is 7.94. The molecular weight excluding hydrogens is 405 g/mol. The van der Waals surface area contributed by atoms with Crippen LogP contribution in [0.15, 0.2) is 23.0 Å². The maximum atomic E-state index is 12.9. The van der Waals surface area contributed by atoms with Gasteiger partial charge >= 0.3 is 0 Å². The first-order valence-electron chi connectivity index (χ1n) is 9.25. The number of anilines is 1. The van der Waals surface area contributed by atoms with Crippen molar-refractivity contribution in [2.24, 2.45) is 0 Å². The molecule has 1 aliphatic carbocycles. The van der Waals surface area contributed by atoms with E-state index in [0.717, 1.165) is 31.2 Å². The summed E-state index contributed by atoms with van der Waals surface area (Å²) in [4.78, 5) is 25.3. The molecule has 1 fully saturated rings. The van der Waals surface area contributed by atoms with Crippen molar-refractivity contribution in [1.29, 1.82) is 0 Å². The van der Waals surface area contributed by atoms with Gasteiger partial charge in [-0.3, -0.25) is 19.4 Å². The van der Waals surface area contributed by atoms with Gasteiger partial charge in [0.05, 0.1) is 22.6 Å². The van der Waals surface area contributed by atoms with Crippen LogP contribution in [0.25, 0.3) is 0 Å². The van der Waals surface area contributed by atoms with E-state index in [9.17, 15) is 9.59 Å². The second-order valence-corrected chi connectivity index (χ2v) is 9.06. The molecule has 1 amide bonds. The van der Waals surface area contributed by atoms with Crippen molar-refractivity contribution in [1.82, 2.24) is 9.78 Å². The summed E-state index contributed by atoms with van der Waals surface area (Å²) < 4.78 is 1.89. The highest BCUT2D eigenvalue weighted by Crippen LogP contribution is 2.44. The molecule has 2 N–H and O–H groups in total. The predicted molar refractivity (Wildman–Crippen MR) is 111 cm³/mol. The second-order valence-electron chi connectivity index (χ2n) is 7.12. The summed E-state index contributed by atoms with van der Waals surface area (Å²) in [7, 11) is 0. The number of thioether (sulfide) groups is 1. The van der Waals surface area contributed by atoms with Gasteiger partial charge in [0.1, 0.15) is 5.82 Å². The van der Waals surface area contributed by atoms with Crippen LogP contribution in [-0.2, 0) is 4.79 Å². The predicted octanol–water partition coefficient (Wildman–Crippen LogP) is 5.15. The highest BCUT2D eigenvalue weighted by molar-refractivity contribution is 8.00. The van der Waals surface area contributed by atoms with E-state index in [0.29, 0.717) is 21.4 Å². The molecule has 27 heavy (non-hydrogen) atoms. The molecule has 0 unspecified atom stereocenters. The Morgan fingerprint density at radius 2 is 1.81 bits per heavy atom. The van der Waals surface area contributed by atoms with E-state index < -0.39 is 0 Å². The van der Waals surface area contributed by atoms with Crippen LogP contribution in [0.2, 0.25) is 10.0 Å². The minimum absolute atomic E-state index is 0.102. The SMILES string of the molecule is O=C1CS[C@H](c2ccc(Cl)cc2Cl)c2c(n(C3CCCCCC3)[nH]c2=O)N1. The molecule has 4 rings (SSSR count). The fourth-order valence-electron chi connectivity index (χ4n) is 3.99. The average Bonchev–Trinajstić information content (AvgIpc) is 2.83. The van der Waals surface area contributed by atoms with E-state index in [1.165, 1.54) is 24.6 Å². The Hall–Kier alpha value is -1.37. The lowest BCUT2D eigenvalue weighted by Gasteiger charge is -2.20. The van der Waals surface area contributed by atoms with Crippen LogP contribution < -0.4 is 10.9 Å². The zero-order valence-electron chi connectivity index (χ0n) is 14.8. The van der Waals surface area contributed by atoms with Gasteiger partial charge in [-0.05, 0) is 30.5 Å². The Morgan fingerprint density at radius 3 is 2.52 bits per heavy atom. The van der Waals surface area contributed by atoms with Crippen molar-refractivity contribution in [2.45, 2.75) is 49.8 Å². The minimum atomic E-state index is -0.320. The monoisotopic (exact) mass is 425 g/mol. The molecule has 1 aromatic heterocycles. The first kappa shape index (κ1) is 19.0. The first-order chi connectivity index (χ1) is 13.0. The van der Waals surface area contributed by atoms with Crippen LogP contribution in [0.5, 0.6) is 0 Å². The Bertz CT molecular complexity index is 916. The standard InChI is InChI=1S/C19H21Cl2N3O2S/c20-11-7-8-13(14(21)9-11)17-16-18(22-15(25)10-27-17)24(23-19(16)26)12-5-3-1-2-4-6-12/h7-9,12,17H,1-6,10H2,(H,22,25)(H,23,26)/t17-/m1/s1. The number of nitrogens with zero attached hydrogens (tertiary/aromatic N) is 1. The van der Waals surface area contributed by atoms with Crippen LogP contribution in [0.4, 0.5) is 5.82 Å². The number of hydrogen-bond donors (Lipinski definition) is 2. The number of rotatable bonds is 2. The normalized spacial score (nSPS) is 21.3. The van der Waals surface area contributed by atoms with Gasteiger partial charge in [0, 0.05) is 10.0 Å². The van der Waals surface area contributed by atoms with Crippen LogP contribution in [0.3, 0.4) is 0 Å². The van der Waals surface area contributed by atoms with E-state index in [1.54, 1.807) is 12.1 Å². The third-order valence-corrected chi connectivity index (χ3v) is 7.11. The van der Waals surface area contributed by atoms with Crippen molar-refractivity contribution < 1.29 is 4.79 Å². The van der Waals surface area contributed by atoms with Crippen molar-refractivity contribution in [3.63, 3.8) is 0 Å². The zero-order chi connectivity index (χ0) is 19.0. The molecule has 1 aromatic carbocycles. The summed E-state index contributed by atoms with van der Waals surface area (Å²) in [6.07, 6.45) is 6.72. The summed E-state index contributed by atoms with van der Waals surface area (Å²) in [5, 5.41) is 6.68. The Balaban J connectivity index is 1.82. The number of benzene rings is 1. The lowest BCUT2D eigenvalue weighted by atomic mass is 10.1. The molecule has 5 nitrogen and oxygen atoms in total. The van der Waals surface area contributed by atoms with Crippen LogP contribution in [0, 0.1) is 0 Å². The largest absolute Gasteiger partial charge is 0.310 e. The Morgan fingerprint density at radius 1 is 1.07 bits per heavy atom. The lowest BCUT2D eigenvalue weighted by molar-refractivity contribution is -0.113. The number of hydrogen-bond acceptors (Lipinski definition) is 3. The molecule has 0 bridgehead atoms. The number of carbonyl (C=O) groups is 1. The highest BCUT2D eigenvalue weighted by Gasteiger charge is 2.33. The maximum absolute atomic E-state index is 12.9. The quantitative estimate of drug-likeness (QED) is 0.653. The summed E-state index contributed by atoms with van der Waals surface area (Å²) in [6.45, 7) is 0. The lowest BCUT2D eigenvalue weighted by Crippen LogP contribution is -2.19. The Kier molecular flexibility index (Phi) is 5.58.